The van der Waals surface area contributed by atoms with Crippen LogP contribution < -0.4 is 5.73 Å². The summed E-state index contributed by atoms with van der Waals surface area (Å²) < 4.78 is 29.1. The summed E-state index contributed by atoms with van der Waals surface area (Å²) >= 11 is 0. The molecule has 118 valence electrons. The first-order valence-electron chi connectivity index (χ1n) is 7.50. The predicted octanol–water partition coefficient (Wildman–Crippen LogP) is -0.216. The fourth-order valence-electron chi connectivity index (χ4n) is 3.43. The molecule has 0 aromatic rings. The van der Waals surface area contributed by atoms with Crippen molar-refractivity contribution in [1.82, 2.24) is 13.5 Å². The number of nitrogens with zero attached hydrogens (tertiary/aromatic N) is 3. The minimum Gasteiger partial charge on any atom is -0.329 e. The third-order valence-electron chi connectivity index (χ3n) is 4.36. The third kappa shape index (κ3) is 3.33. The highest BCUT2D eigenvalue weighted by Crippen LogP contribution is 2.26. The van der Waals surface area contributed by atoms with E-state index in [4.69, 9.17) is 5.73 Å². The maximum atomic E-state index is 12.9. The van der Waals surface area contributed by atoms with Crippen molar-refractivity contribution in [3.05, 3.63) is 0 Å². The Morgan fingerprint density at radius 2 is 1.70 bits per heavy atom. The lowest BCUT2D eigenvalue weighted by Crippen LogP contribution is -2.61. The van der Waals surface area contributed by atoms with Crippen molar-refractivity contribution in [2.45, 2.75) is 26.3 Å². The van der Waals surface area contributed by atoms with Crippen molar-refractivity contribution in [3.8, 4) is 0 Å². The SMILES string of the molecule is CC1CC(C)CN(S(=O)(=O)N2CCN(C)CC2CN)C1. The van der Waals surface area contributed by atoms with Crippen molar-refractivity contribution in [2.75, 3.05) is 46.3 Å². The standard InChI is InChI=1S/C13H28N4O2S/c1-11-6-12(2)9-16(8-11)20(18,19)17-5-4-15(3)10-13(17)7-14/h11-13H,4-10,14H2,1-3H3. The van der Waals surface area contributed by atoms with E-state index in [0.29, 0.717) is 44.6 Å². The van der Waals surface area contributed by atoms with Crippen LogP contribution in [0.2, 0.25) is 0 Å². The number of likely N-dealkylation sites (N-methyl/N-ethyl adjacent to an activating group) is 1. The van der Waals surface area contributed by atoms with E-state index in [-0.39, 0.29) is 6.04 Å². The van der Waals surface area contributed by atoms with E-state index in [0.717, 1.165) is 13.0 Å². The first-order chi connectivity index (χ1) is 9.34. The first kappa shape index (κ1) is 16.2. The summed E-state index contributed by atoms with van der Waals surface area (Å²) in [5.74, 6) is 0.856. The fourth-order valence-corrected chi connectivity index (χ4v) is 5.46. The van der Waals surface area contributed by atoms with Crippen LogP contribution in [0.25, 0.3) is 0 Å². The van der Waals surface area contributed by atoms with Gasteiger partial charge in [0, 0.05) is 39.3 Å². The number of piperidine rings is 1. The average molecular weight is 304 g/mol. The van der Waals surface area contributed by atoms with Gasteiger partial charge in [0.15, 0.2) is 0 Å². The number of hydrogen-bond acceptors (Lipinski definition) is 4. The third-order valence-corrected chi connectivity index (χ3v) is 6.39. The second-order valence-corrected chi connectivity index (χ2v) is 8.41. The second kappa shape index (κ2) is 6.27. The molecule has 7 heteroatoms. The quantitative estimate of drug-likeness (QED) is 0.783. The molecule has 6 nitrogen and oxygen atoms in total. The van der Waals surface area contributed by atoms with Gasteiger partial charge in [-0.15, -0.1) is 0 Å². The van der Waals surface area contributed by atoms with Gasteiger partial charge in [-0.3, -0.25) is 0 Å². The van der Waals surface area contributed by atoms with Gasteiger partial charge in [0.25, 0.3) is 10.2 Å². The largest absolute Gasteiger partial charge is 0.329 e. The smallest absolute Gasteiger partial charge is 0.282 e. The summed E-state index contributed by atoms with van der Waals surface area (Å²) in [5.41, 5.74) is 5.79. The summed E-state index contributed by atoms with van der Waals surface area (Å²) in [6, 6.07) is -0.105. The lowest BCUT2D eigenvalue weighted by molar-refractivity contribution is 0.144. The minimum absolute atomic E-state index is 0.105. The van der Waals surface area contributed by atoms with Crippen LogP contribution >= 0.6 is 0 Å². The van der Waals surface area contributed by atoms with Gasteiger partial charge in [-0.1, -0.05) is 13.8 Å². The van der Waals surface area contributed by atoms with Crippen LogP contribution in [-0.2, 0) is 10.2 Å². The Morgan fingerprint density at radius 1 is 1.10 bits per heavy atom. The van der Waals surface area contributed by atoms with Crippen LogP contribution in [0.4, 0.5) is 0 Å². The zero-order valence-electron chi connectivity index (χ0n) is 12.8. The zero-order chi connectivity index (χ0) is 14.9. The van der Waals surface area contributed by atoms with Gasteiger partial charge in [0.2, 0.25) is 0 Å². The molecule has 0 aromatic carbocycles. The number of nitrogens with two attached hydrogens (primary N) is 1. The van der Waals surface area contributed by atoms with Crippen molar-refractivity contribution >= 4 is 10.2 Å². The summed E-state index contributed by atoms with van der Waals surface area (Å²) in [4.78, 5) is 2.14. The van der Waals surface area contributed by atoms with Crippen molar-refractivity contribution < 1.29 is 8.42 Å². The summed E-state index contributed by atoms with van der Waals surface area (Å²) in [5, 5.41) is 0. The van der Waals surface area contributed by atoms with E-state index in [1.807, 2.05) is 7.05 Å². The van der Waals surface area contributed by atoms with Crippen LogP contribution in [0.15, 0.2) is 0 Å². The molecule has 2 heterocycles. The molecule has 2 saturated heterocycles. The van der Waals surface area contributed by atoms with Crippen LogP contribution in [0.3, 0.4) is 0 Å². The first-order valence-corrected chi connectivity index (χ1v) is 8.89. The van der Waals surface area contributed by atoms with Crippen LogP contribution in [0, 0.1) is 11.8 Å². The summed E-state index contributed by atoms with van der Waals surface area (Å²) in [7, 11) is -1.36. The molecule has 0 aliphatic carbocycles. The number of rotatable bonds is 3. The van der Waals surface area contributed by atoms with E-state index in [1.54, 1.807) is 8.61 Å². The Kier molecular flexibility index (Phi) is 5.07. The number of piperazine rings is 1. The van der Waals surface area contributed by atoms with E-state index in [2.05, 4.69) is 18.7 Å². The predicted molar refractivity (Wildman–Crippen MR) is 80.5 cm³/mol. The molecule has 0 saturated carbocycles. The molecule has 2 fully saturated rings. The monoisotopic (exact) mass is 304 g/mol. The summed E-state index contributed by atoms with van der Waals surface area (Å²) in [6.45, 7) is 7.93. The maximum absolute atomic E-state index is 12.9. The molecule has 3 atom stereocenters. The molecule has 3 unspecified atom stereocenters. The Hall–Kier alpha value is -0.210. The van der Waals surface area contributed by atoms with Gasteiger partial charge >= 0.3 is 0 Å². The molecule has 2 aliphatic heterocycles. The molecule has 20 heavy (non-hydrogen) atoms. The Labute approximate surface area is 123 Å². The highest BCUT2D eigenvalue weighted by atomic mass is 32.2. The topological polar surface area (TPSA) is 69.9 Å². The van der Waals surface area contributed by atoms with Crippen molar-refractivity contribution in [1.29, 1.82) is 0 Å². The van der Waals surface area contributed by atoms with Gasteiger partial charge in [-0.2, -0.15) is 17.0 Å². The van der Waals surface area contributed by atoms with Gasteiger partial charge in [-0.25, -0.2) is 0 Å². The highest BCUT2D eigenvalue weighted by Gasteiger charge is 2.39. The van der Waals surface area contributed by atoms with E-state index in [9.17, 15) is 8.42 Å². The Morgan fingerprint density at radius 3 is 2.25 bits per heavy atom. The lowest BCUT2D eigenvalue weighted by Gasteiger charge is -2.43. The molecule has 2 aliphatic rings. The number of hydrogen-bond donors (Lipinski definition) is 1. The van der Waals surface area contributed by atoms with Crippen molar-refractivity contribution in [2.24, 2.45) is 17.6 Å². The van der Waals surface area contributed by atoms with E-state index >= 15 is 0 Å². The van der Waals surface area contributed by atoms with Gasteiger partial charge in [-0.05, 0) is 25.3 Å². The average Bonchev–Trinajstić information content (AvgIpc) is 2.37. The summed E-state index contributed by atoms with van der Waals surface area (Å²) in [6.07, 6.45) is 1.11. The molecular formula is C13H28N4O2S. The molecule has 0 amide bonds. The molecule has 2 N–H and O–H groups in total. The maximum Gasteiger partial charge on any atom is 0.282 e. The Balaban J connectivity index is 2.16. The molecule has 0 aromatic heterocycles. The zero-order valence-corrected chi connectivity index (χ0v) is 13.6. The molecule has 0 bridgehead atoms. The van der Waals surface area contributed by atoms with Crippen LogP contribution in [0.1, 0.15) is 20.3 Å². The fraction of sp³-hybridized carbons (Fsp3) is 1.00. The molecular weight excluding hydrogens is 276 g/mol. The van der Waals surface area contributed by atoms with Gasteiger partial charge in [0.05, 0.1) is 6.04 Å². The molecule has 0 radical (unpaired) electrons. The van der Waals surface area contributed by atoms with E-state index in [1.165, 1.54) is 0 Å². The molecule has 0 spiro atoms. The lowest BCUT2D eigenvalue weighted by atomic mass is 9.94. The van der Waals surface area contributed by atoms with E-state index < -0.39 is 10.2 Å². The minimum atomic E-state index is -3.38. The normalized spacial score (nSPS) is 35.3. The highest BCUT2D eigenvalue weighted by molar-refractivity contribution is 7.86. The Bertz CT molecular complexity index is 418. The van der Waals surface area contributed by atoms with Gasteiger partial charge in [0.1, 0.15) is 0 Å². The van der Waals surface area contributed by atoms with Crippen molar-refractivity contribution in [3.63, 3.8) is 0 Å². The molecule has 2 rings (SSSR count). The van der Waals surface area contributed by atoms with Crippen LogP contribution in [0.5, 0.6) is 0 Å². The van der Waals surface area contributed by atoms with Gasteiger partial charge < -0.3 is 10.6 Å². The van der Waals surface area contributed by atoms with Crippen LogP contribution in [-0.4, -0.2) is 74.3 Å². The second-order valence-electron chi connectivity index (χ2n) is 6.53.